The Labute approximate surface area is 209 Å². The molecule has 0 amide bonds. The lowest BCUT2D eigenvalue weighted by molar-refractivity contribution is -0.302. The van der Waals surface area contributed by atoms with Gasteiger partial charge in [0.1, 0.15) is 72.2 Å². The predicted octanol–water partition coefficient (Wildman–Crippen LogP) is -3.71. The van der Waals surface area contributed by atoms with Crippen molar-refractivity contribution >= 4 is 0 Å². The lowest BCUT2D eigenvalue weighted by Gasteiger charge is -2.56. The molecule has 4 aliphatic rings. The van der Waals surface area contributed by atoms with E-state index in [4.69, 9.17) is 9.47 Å². The van der Waals surface area contributed by atoms with Crippen LogP contribution in [0.1, 0.15) is 38.5 Å². The van der Waals surface area contributed by atoms with Crippen molar-refractivity contribution in [2.24, 2.45) is 11.8 Å². The van der Waals surface area contributed by atoms with Gasteiger partial charge in [0.15, 0.2) is 0 Å². The zero-order valence-electron chi connectivity index (χ0n) is 20.0. The van der Waals surface area contributed by atoms with Crippen LogP contribution in [0.15, 0.2) is 12.2 Å². The maximum Gasteiger partial charge on any atom is 0.119 e. The normalized spacial score (nSPS) is 52.9. The van der Waals surface area contributed by atoms with E-state index in [1.807, 2.05) is 0 Å². The summed E-state index contributed by atoms with van der Waals surface area (Å²) in [5, 5.41) is 106. The van der Waals surface area contributed by atoms with Crippen LogP contribution in [0.2, 0.25) is 0 Å². The Morgan fingerprint density at radius 1 is 0.667 bits per heavy atom. The third-order valence-electron chi connectivity index (χ3n) is 8.66. The minimum absolute atomic E-state index is 0.0632. The second kappa shape index (κ2) is 10.8. The highest BCUT2D eigenvalue weighted by Gasteiger charge is 2.62. The van der Waals surface area contributed by atoms with Crippen molar-refractivity contribution in [3.05, 3.63) is 12.2 Å². The summed E-state index contributed by atoms with van der Waals surface area (Å²) in [6, 6.07) is 0. The highest BCUT2D eigenvalue weighted by Crippen LogP contribution is 2.50. The molecule has 10 N–H and O–H groups in total. The van der Waals surface area contributed by atoms with Crippen LogP contribution in [0, 0.1) is 11.8 Å². The molecule has 2 saturated heterocycles. The van der Waals surface area contributed by atoms with Gasteiger partial charge in [0, 0.05) is 12.3 Å². The molecule has 0 aromatic heterocycles. The average Bonchev–Trinajstić information content (AvgIpc) is 2.86. The monoisotopic (exact) mass is 520 g/mol. The zero-order valence-corrected chi connectivity index (χ0v) is 20.0. The van der Waals surface area contributed by atoms with Crippen LogP contribution in [0.4, 0.5) is 0 Å². The van der Waals surface area contributed by atoms with Crippen molar-refractivity contribution in [1.82, 2.24) is 0 Å². The van der Waals surface area contributed by atoms with Gasteiger partial charge in [-0.2, -0.15) is 0 Å². The first-order valence-electron chi connectivity index (χ1n) is 12.7. The highest BCUT2D eigenvalue weighted by atomic mass is 16.6. The van der Waals surface area contributed by atoms with Crippen molar-refractivity contribution in [3.8, 4) is 0 Å². The largest absolute Gasteiger partial charge is 0.394 e. The SMILES string of the molecule is OC[C@H]1OC(C2(O)C=CC(C3CCCCC3)C(O)(C3O[C@H](CO)[C@@H](O)[C@H](O)[C@H]3O)C2)[C@H](O)[C@@H](O)[C@@H]1O. The second-order valence-corrected chi connectivity index (χ2v) is 10.9. The fraction of sp³-hybridized carbons (Fsp3) is 0.917. The molecule has 208 valence electrons. The number of hydrogen-bond donors (Lipinski definition) is 10. The molecule has 2 heterocycles. The van der Waals surface area contributed by atoms with E-state index in [2.05, 4.69) is 0 Å². The molecular formula is C24H40O12. The van der Waals surface area contributed by atoms with Crippen molar-refractivity contribution < 1.29 is 60.5 Å². The van der Waals surface area contributed by atoms with Gasteiger partial charge in [-0.05, 0) is 18.8 Å². The van der Waals surface area contributed by atoms with Gasteiger partial charge in [0.05, 0.1) is 13.2 Å². The maximum absolute atomic E-state index is 12.2. The molecule has 0 bridgehead atoms. The Morgan fingerprint density at radius 3 is 1.69 bits per heavy atom. The Kier molecular flexibility index (Phi) is 8.48. The first-order chi connectivity index (χ1) is 17.0. The summed E-state index contributed by atoms with van der Waals surface area (Å²) in [6.45, 7) is -1.40. The van der Waals surface area contributed by atoms with Gasteiger partial charge >= 0.3 is 0 Å². The van der Waals surface area contributed by atoms with Gasteiger partial charge in [-0.25, -0.2) is 0 Å². The number of hydrogen-bond acceptors (Lipinski definition) is 12. The van der Waals surface area contributed by atoms with E-state index in [0.717, 1.165) is 32.1 Å². The summed E-state index contributed by atoms with van der Waals surface area (Å²) in [5.74, 6) is -0.726. The van der Waals surface area contributed by atoms with Gasteiger partial charge in [0.2, 0.25) is 0 Å². The van der Waals surface area contributed by atoms with Crippen molar-refractivity contribution in [1.29, 1.82) is 0 Å². The molecule has 13 atom stereocenters. The molecule has 0 spiro atoms. The van der Waals surface area contributed by atoms with Gasteiger partial charge in [0.25, 0.3) is 0 Å². The number of ether oxygens (including phenoxy) is 2. The van der Waals surface area contributed by atoms with E-state index in [-0.39, 0.29) is 5.92 Å². The average molecular weight is 521 g/mol. The van der Waals surface area contributed by atoms with E-state index >= 15 is 0 Å². The Bertz CT molecular complexity index is 772. The van der Waals surface area contributed by atoms with Crippen molar-refractivity contribution in [2.75, 3.05) is 13.2 Å². The number of aliphatic hydroxyl groups excluding tert-OH is 8. The molecule has 1 saturated carbocycles. The topological polar surface area (TPSA) is 221 Å². The van der Waals surface area contributed by atoms with E-state index < -0.39 is 97.8 Å². The summed E-state index contributed by atoms with van der Waals surface area (Å²) in [4.78, 5) is 0. The summed E-state index contributed by atoms with van der Waals surface area (Å²) in [5.41, 5.74) is -4.20. The van der Waals surface area contributed by atoms with Gasteiger partial charge in [-0.15, -0.1) is 0 Å². The molecule has 0 aromatic carbocycles. The Hall–Kier alpha value is -0.740. The molecule has 0 aromatic rings. The Balaban J connectivity index is 1.73. The second-order valence-electron chi connectivity index (χ2n) is 10.9. The van der Waals surface area contributed by atoms with E-state index in [1.165, 1.54) is 6.08 Å². The standard InChI is InChI=1S/C24H40O12/c25-8-13-15(27)17(29)19(31)21(35-13)23(33)7-6-12(11-4-2-1-3-5-11)24(34,10-23)22-20(32)18(30)16(28)14(9-26)36-22/h6-7,11-22,25-34H,1-5,8-10H2/t12?,13-,14-,15-,16-,17+,18+,19-,20-,21?,22?,23?,24?/m1/s1. The molecule has 2 aliphatic heterocycles. The fourth-order valence-corrected chi connectivity index (χ4v) is 6.64. The third kappa shape index (κ3) is 4.76. The van der Waals surface area contributed by atoms with Gasteiger partial charge in [-0.1, -0.05) is 31.4 Å². The molecule has 12 heteroatoms. The van der Waals surface area contributed by atoms with Crippen molar-refractivity contribution in [3.63, 3.8) is 0 Å². The van der Waals surface area contributed by atoms with Crippen LogP contribution in [0.5, 0.6) is 0 Å². The lowest BCUT2D eigenvalue weighted by Crippen LogP contribution is -2.72. The zero-order chi connectivity index (χ0) is 26.4. The lowest BCUT2D eigenvalue weighted by atomic mass is 9.60. The first kappa shape index (κ1) is 28.3. The van der Waals surface area contributed by atoms with E-state index in [1.54, 1.807) is 6.08 Å². The van der Waals surface area contributed by atoms with Crippen LogP contribution in [0.25, 0.3) is 0 Å². The summed E-state index contributed by atoms with van der Waals surface area (Å²) >= 11 is 0. The quantitative estimate of drug-likeness (QED) is 0.158. The fourth-order valence-electron chi connectivity index (χ4n) is 6.64. The van der Waals surface area contributed by atoms with E-state index in [9.17, 15) is 51.1 Å². The molecule has 36 heavy (non-hydrogen) atoms. The Morgan fingerprint density at radius 2 is 1.17 bits per heavy atom. The van der Waals surface area contributed by atoms with Crippen LogP contribution in [-0.2, 0) is 9.47 Å². The molecule has 3 fully saturated rings. The molecule has 2 aliphatic carbocycles. The molecule has 5 unspecified atom stereocenters. The van der Waals surface area contributed by atoms with Crippen molar-refractivity contribution in [2.45, 2.75) is 111 Å². The smallest absolute Gasteiger partial charge is 0.119 e. The molecular weight excluding hydrogens is 480 g/mol. The third-order valence-corrected chi connectivity index (χ3v) is 8.66. The molecule has 0 radical (unpaired) electrons. The minimum atomic E-state index is -2.15. The van der Waals surface area contributed by atoms with Crippen LogP contribution < -0.4 is 0 Å². The summed E-state index contributed by atoms with van der Waals surface area (Å²) < 4.78 is 11.3. The molecule has 4 rings (SSSR count). The van der Waals surface area contributed by atoms with E-state index in [0.29, 0.717) is 0 Å². The maximum atomic E-state index is 12.2. The first-order valence-corrected chi connectivity index (χ1v) is 12.7. The number of rotatable bonds is 5. The highest BCUT2D eigenvalue weighted by molar-refractivity contribution is 5.24. The van der Waals surface area contributed by atoms with Gasteiger partial charge < -0.3 is 60.5 Å². The number of aliphatic hydroxyl groups is 10. The molecule has 12 nitrogen and oxygen atoms in total. The summed E-state index contributed by atoms with van der Waals surface area (Å²) in [7, 11) is 0. The predicted molar refractivity (Wildman–Crippen MR) is 121 cm³/mol. The van der Waals surface area contributed by atoms with Crippen LogP contribution >= 0.6 is 0 Å². The minimum Gasteiger partial charge on any atom is -0.394 e. The van der Waals surface area contributed by atoms with Gasteiger partial charge in [-0.3, -0.25) is 0 Å². The summed E-state index contributed by atoms with van der Waals surface area (Å²) in [6.07, 6.45) is -9.31. The van der Waals surface area contributed by atoms with Crippen LogP contribution in [0.3, 0.4) is 0 Å². The van der Waals surface area contributed by atoms with Crippen LogP contribution in [-0.4, -0.2) is 137 Å².